The second-order valence-electron chi connectivity index (χ2n) is 11.1. The molecule has 0 spiro atoms. The van der Waals surface area contributed by atoms with Crippen molar-refractivity contribution >= 4 is 11.8 Å². The molecular formula is C26H40N4O3. The van der Waals surface area contributed by atoms with E-state index in [0.29, 0.717) is 29.7 Å². The zero-order valence-electron chi connectivity index (χ0n) is 21.2. The Bertz CT molecular complexity index is 898. The van der Waals surface area contributed by atoms with Crippen molar-refractivity contribution in [2.75, 3.05) is 6.54 Å². The molecule has 33 heavy (non-hydrogen) atoms. The Morgan fingerprint density at radius 1 is 1.12 bits per heavy atom. The number of carbonyl (C=O) groups is 2. The monoisotopic (exact) mass is 456 g/mol. The van der Waals surface area contributed by atoms with E-state index in [2.05, 4.69) is 63.6 Å². The third-order valence-electron chi connectivity index (χ3n) is 5.94. The predicted octanol–water partition coefficient (Wildman–Crippen LogP) is 4.19. The van der Waals surface area contributed by atoms with E-state index in [1.165, 1.54) is 0 Å². The summed E-state index contributed by atoms with van der Waals surface area (Å²) in [5, 5.41) is 5.99. The number of pyridine rings is 1. The van der Waals surface area contributed by atoms with Crippen molar-refractivity contribution in [2.24, 2.45) is 5.90 Å². The van der Waals surface area contributed by atoms with Crippen molar-refractivity contribution in [3.8, 4) is 0 Å². The van der Waals surface area contributed by atoms with E-state index >= 15 is 0 Å². The van der Waals surface area contributed by atoms with Gasteiger partial charge in [-0.15, -0.1) is 0 Å². The van der Waals surface area contributed by atoms with Crippen LogP contribution in [0.4, 0.5) is 0 Å². The van der Waals surface area contributed by atoms with Crippen LogP contribution < -0.4 is 16.5 Å². The van der Waals surface area contributed by atoms with Gasteiger partial charge in [0.05, 0.1) is 0 Å². The number of carbonyl (C=O) groups excluding carboxylic acids is 2. The Morgan fingerprint density at radius 2 is 1.64 bits per heavy atom. The summed E-state index contributed by atoms with van der Waals surface area (Å²) in [6.45, 7) is 18.3. The van der Waals surface area contributed by atoms with Crippen LogP contribution in [0, 0.1) is 0 Å². The van der Waals surface area contributed by atoms with Gasteiger partial charge in [0.2, 0.25) is 5.91 Å². The molecule has 0 bridgehead atoms. The Hall–Kier alpha value is -2.67. The number of hydrogen-bond acceptors (Lipinski definition) is 5. The minimum absolute atomic E-state index is 0.199. The van der Waals surface area contributed by atoms with E-state index in [4.69, 9.17) is 10.9 Å². The van der Waals surface area contributed by atoms with E-state index < -0.39 is 5.54 Å². The second kappa shape index (κ2) is 10.1. The highest BCUT2D eigenvalue weighted by Crippen LogP contribution is 2.32. The summed E-state index contributed by atoms with van der Waals surface area (Å²) in [6.07, 6.45) is 4.62. The molecule has 7 heteroatoms. The number of rotatable bonds is 7. The van der Waals surface area contributed by atoms with Gasteiger partial charge in [0.1, 0.15) is 11.3 Å². The molecule has 0 radical (unpaired) electrons. The molecule has 2 amide bonds. The van der Waals surface area contributed by atoms with Crippen LogP contribution >= 0.6 is 0 Å². The zero-order chi connectivity index (χ0) is 25.0. The van der Waals surface area contributed by atoms with Crippen LogP contribution in [-0.2, 0) is 20.5 Å². The maximum absolute atomic E-state index is 13.4. The fraction of sp³-hybridized carbons (Fsp3) is 0.577. The van der Waals surface area contributed by atoms with Gasteiger partial charge < -0.3 is 15.5 Å². The molecule has 1 aromatic heterocycles. The fourth-order valence-electron chi connectivity index (χ4n) is 3.84. The molecule has 1 saturated carbocycles. The number of hydrogen-bond donors (Lipinski definition) is 3. The highest BCUT2D eigenvalue weighted by molar-refractivity contribution is 5.99. The summed E-state index contributed by atoms with van der Waals surface area (Å²) in [5.74, 6) is 5.18. The molecule has 0 unspecified atom stereocenters. The lowest BCUT2D eigenvalue weighted by molar-refractivity contribution is -0.127. The van der Waals surface area contributed by atoms with Gasteiger partial charge in [0, 0.05) is 34.3 Å². The Kier molecular flexibility index (Phi) is 8.12. The van der Waals surface area contributed by atoms with Crippen molar-refractivity contribution in [1.29, 1.82) is 0 Å². The first kappa shape index (κ1) is 26.6. The first-order chi connectivity index (χ1) is 15.2. The quantitative estimate of drug-likeness (QED) is 0.324. The second-order valence-corrected chi connectivity index (χ2v) is 11.1. The number of amides is 2. The van der Waals surface area contributed by atoms with E-state index in [1.807, 2.05) is 12.1 Å². The molecule has 0 saturated heterocycles. The predicted molar refractivity (Wildman–Crippen MR) is 131 cm³/mol. The van der Waals surface area contributed by atoms with Gasteiger partial charge in [-0.3, -0.25) is 14.6 Å². The lowest BCUT2D eigenvalue weighted by Gasteiger charge is -2.30. The Morgan fingerprint density at radius 3 is 2.09 bits per heavy atom. The average molecular weight is 457 g/mol. The molecule has 1 aromatic rings. The van der Waals surface area contributed by atoms with E-state index in [0.717, 1.165) is 24.2 Å². The molecule has 2 rings (SSSR count). The van der Waals surface area contributed by atoms with Crippen molar-refractivity contribution < 1.29 is 14.4 Å². The lowest BCUT2D eigenvalue weighted by atomic mass is 9.86. The molecule has 1 fully saturated rings. The smallest absolute Gasteiger partial charge is 0.252 e. The Balaban J connectivity index is 2.28. The molecule has 1 heterocycles. The average Bonchev–Trinajstić information content (AvgIpc) is 3.19. The number of aromatic nitrogens is 1. The molecule has 1 aliphatic rings. The first-order valence-corrected chi connectivity index (χ1v) is 11.5. The SMILES string of the molecule is C=C(/C=C(/C)ON)CNC(=O)C1(NC(=O)c2cc(C(C)(C)C)nc(C(C)(C)C)c2)CCCC1. The van der Waals surface area contributed by atoms with E-state index in [9.17, 15) is 9.59 Å². The van der Waals surface area contributed by atoms with Crippen molar-refractivity contribution in [3.05, 3.63) is 53.1 Å². The molecule has 4 N–H and O–H groups in total. The molecule has 182 valence electrons. The van der Waals surface area contributed by atoms with Gasteiger partial charge in [0.25, 0.3) is 5.91 Å². The standard InChI is InChI=1S/C26H40N4O3/c1-17(13-18(2)33-27)16-28-23(32)26(11-9-10-12-26)30-22(31)19-14-20(24(3,4)5)29-21(15-19)25(6,7)8/h13-15H,1,9-12,16,27H2,2-8H3,(H,28,32)(H,30,31)/b18-13-. The largest absolute Gasteiger partial charge is 0.416 e. The molecular weight excluding hydrogens is 416 g/mol. The maximum Gasteiger partial charge on any atom is 0.252 e. The Labute approximate surface area is 198 Å². The van der Waals surface area contributed by atoms with Gasteiger partial charge in [-0.2, -0.15) is 5.90 Å². The summed E-state index contributed by atoms with van der Waals surface area (Å²) >= 11 is 0. The third kappa shape index (κ3) is 6.90. The third-order valence-corrected chi connectivity index (χ3v) is 5.94. The highest BCUT2D eigenvalue weighted by atomic mass is 16.6. The molecule has 0 atom stereocenters. The lowest BCUT2D eigenvalue weighted by Crippen LogP contribution is -2.57. The van der Waals surface area contributed by atoms with Crippen molar-refractivity contribution in [1.82, 2.24) is 15.6 Å². The minimum atomic E-state index is -0.937. The highest BCUT2D eigenvalue weighted by Gasteiger charge is 2.42. The van der Waals surface area contributed by atoms with Crippen molar-refractivity contribution in [3.63, 3.8) is 0 Å². The summed E-state index contributed by atoms with van der Waals surface area (Å²) < 4.78 is 0. The molecule has 7 nitrogen and oxygen atoms in total. The fourth-order valence-corrected chi connectivity index (χ4v) is 3.84. The van der Waals surface area contributed by atoms with Crippen LogP contribution in [0.2, 0.25) is 0 Å². The van der Waals surface area contributed by atoms with Crippen LogP contribution in [0.5, 0.6) is 0 Å². The zero-order valence-corrected chi connectivity index (χ0v) is 21.2. The van der Waals surface area contributed by atoms with Gasteiger partial charge in [0.15, 0.2) is 0 Å². The summed E-state index contributed by atoms with van der Waals surface area (Å²) in [5.41, 5.74) is 1.53. The van der Waals surface area contributed by atoms with E-state index in [1.54, 1.807) is 13.0 Å². The van der Waals surface area contributed by atoms with Crippen molar-refractivity contribution in [2.45, 2.75) is 90.5 Å². The van der Waals surface area contributed by atoms with Gasteiger partial charge >= 0.3 is 0 Å². The first-order valence-electron chi connectivity index (χ1n) is 11.5. The van der Waals surface area contributed by atoms with Crippen LogP contribution in [0.3, 0.4) is 0 Å². The van der Waals surface area contributed by atoms with Gasteiger partial charge in [-0.25, -0.2) is 0 Å². The molecule has 0 aromatic carbocycles. The topological polar surface area (TPSA) is 106 Å². The maximum atomic E-state index is 13.4. The van der Waals surface area contributed by atoms with Gasteiger partial charge in [-0.05, 0) is 43.5 Å². The molecule has 0 aliphatic heterocycles. The number of nitrogens with two attached hydrogens (primary N) is 1. The minimum Gasteiger partial charge on any atom is -0.416 e. The van der Waals surface area contributed by atoms with Gasteiger partial charge in [-0.1, -0.05) is 61.0 Å². The number of nitrogens with one attached hydrogen (secondary N) is 2. The number of nitrogens with zero attached hydrogens (tertiary/aromatic N) is 1. The van der Waals surface area contributed by atoms with Crippen LogP contribution in [-0.4, -0.2) is 28.9 Å². The van der Waals surface area contributed by atoms with Crippen LogP contribution in [0.25, 0.3) is 0 Å². The van der Waals surface area contributed by atoms with Crippen LogP contribution in [0.15, 0.2) is 36.1 Å². The number of allylic oxidation sites excluding steroid dienone is 1. The normalized spacial score (nSPS) is 16.3. The summed E-state index contributed by atoms with van der Waals surface area (Å²) in [4.78, 5) is 36.1. The molecule has 1 aliphatic carbocycles. The van der Waals surface area contributed by atoms with E-state index in [-0.39, 0.29) is 29.2 Å². The summed E-state index contributed by atoms with van der Waals surface area (Å²) in [7, 11) is 0. The summed E-state index contributed by atoms with van der Waals surface area (Å²) in [6, 6.07) is 3.68. The van der Waals surface area contributed by atoms with Crippen LogP contribution in [0.1, 0.15) is 95.9 Å².